The van der Waals surface area contributed by atoms with E-state index in [9.17, 15) is 9.59 Å². The predicted molar refractivity (Wildman–Crippen MR) is 106 cm³/mol. The van der Waals surface area contributed by atoms with E-state index in [0.717, 1.165) is 10.1 Å². The molecule has 140 valence electrons. The summed E-state index contributed by atoms with van der Waals surface area (Å²) in [6.07, 6.45) is 3.41. The van der Waals surface area contributed by atoms with Crippen LogP contribution in [0.5, 0.6) is 5.75 Å². The highest BCUT2D eigenvalue weighted by molar-refractivity contribution is 6.29. The van der Waals surface area contributed by atoms with Gasteiger partial charge in [-0.05, 0) is 35.9 Å². The SMILES string of the molecule is COc1cccc(-n2c(=O)nc3n(Cc4ccc(Cl)nc4)cccc-3c2=O)c1. The molecule has 28 heavy (non-hydrogen) atoms. The maximum atomic E-state index is 13.0. The van der Waals surface area contributed by atoms with Gasteiger partial charge in [-0.25, -0.2) is 14.3 Å². The van der Waals surface area contributed by atoms with Crippen molar-refractivity contribution in [3.63, 3.8) is 0 Å². The molecule has 2 aliphatic rings. The molecule has 0 spiro atoms. The molecule has 0 amide bonds. The average Bonchev–Trinajstić information content (AvgIpc) is 2.70. The Morgan fingerprint density at radius 3 is 2.71 bits per heavy atom. The molecule has 0 saturated carbocycles. The Bertz CT molecular complexity index is 1230. The largest absolute Gasteiger partial charge is 0.497 e. The third kappa shape index (κ3) is 3.27. The van der Waals surface area contributed by atoms with Crippen molar-refractivity contribution in [1.29, 1.82) is 0 Å². The Balaban J connectivity index is 1.85. The first-order chi connectivity index (χ1) is 13.6. The van der Waals surface area contributed by atoms with Gasteiger partial charge in [0.25, 0.3) is 5.56 Å². The third-order valence-corrected chi connectivity index (χ3v) is 4.54. The zero-order valence-electron chi connectivity index (χ0n) is 14.9. The fourth-order valence-electron chi connectivity index (χ4n) is 2.98. The van der Waals surface area contributed by atoms with Crippen LogP contribution in [-0.4, -0.2) is 26.2 Å². The maximum absolute atomic E-state index is 13.0. The average molecular weight is 395 g/mol. The van der Waals surface area contributed by atoms with Crippen molar-refractivity contribution in [1.82, 2.24) is 19.1 Å². The van der Waals surface area contributed by atoms with Gasteiger partial charge in [0.2, 0.25) is 0 Å². The quantitative estimate of drug-likeness (QED) is 0.497. The number of hydrogen-bond donors (Lipinski definition) is 0. The number of halogens is 1. The minimum Gasteiger partial charge on any atom is -0.497 e. The van der Waals surface area contributed by atoms with Gasteiger partial charge in [0.1, 0.15) is 10.9 Å². The van der Waals surface area contributed by atoms with Crippen molar-refractivity contribution in [2.45, 2.75) is 6.54 Å². The van der Waals surface area contributed by atoms with Crippen molar-refractivity contribution in [2.75, 3.05) is 7.11 Å². The predicted octanol–water partition coefficient (Wildman–Crippen LogP) is 2.60. The van der Waals surface area contributed by atoms with E-state index in [1.807, 2.05) is 6.07 Å². The minimum absolute atomic E-state index is 0.312. The van der Waals surface area contributed by atoms with Crippen LogP contribution in [0, 0.1) is 0 Å². The minimum atomic E-state index is -0.653. The number of pyridine rings is 2. The van der Waals surface area contributed by atoms with Gasteiger partial charge >= 0.3 is 5.69 Å². The smallest absolute Gasteiger partial charge is 0.357 e. The van der Waals surface area contributed by atoms with Crippen LogP contribution in [0.25, 0.3) is 17.1 Å². The Labute approximate surface area is 164 Å². The molecule has 2 aromatic rings. The lowest BCUT2D eigenvalue weighted by Crippen LogP contribution is -2.36. The molecule has 3 heterocycles. The van der Waals surface area contributed by atoms with Crippen molar-refractivity contribution >= 4 is 11.6 Å². The molecule has 0 saturated heterocycles. The molecule has 0 N–H and O–H groups in total. The molecule has 0 fully saturated rings. The fraction of sp³-hybridized carbons (Fsp3) is 0.100. The highest BCUT2D eigenvalue weighted by Crippen LogP contribution is 2.18. The van der Waals surface area contributed by atoms with Gasteiger partial charge in [-0.15, -0.1) is 0 Å². The number of hydrogen-bond acceptors (Lipinski definition) is 5. The van der Waals surface area contributed by atoms with E-state index in [4.69, 9.17) is 16.3 Å². The summed E-state index contributed by atoms with van der Waals surface area (Å²) in [5.74, 6) is 0.855. The van der Waals surface area contributed by atoms with E-state index in [1.54, 1.807) is 59.4 Å². The summed E-state index contributed by atoms with van der Waals surface area (Å²) < 4.78 is 7.96. The summed E-state index contributed by atoms with van der Waals surface area (Å²) in [6.45, 7) is 0.399. The number of fused-ring (bicyclic) bond motifs is 1. The van der Waals surface area contributed by atoms with E-state index in [1.165, 1.54) is 7.11 Å². The molecule has 8 heteroatoms. The lowest BCUT2D eigenvalue weighted by molar-refractivity contribution is 0.414. The highest BCUT2D eigenvalue weighted by atomic mass is 35.5. The summed E-state index contributed by atoms with van der Waals surface area (Å²) in [5.41, 5.74) is 0.521. The molecular formula is C20H15ClN4O3. The van der Waals surface area contributed by atoms with Gasteiger partial charge < -0.3 is 9.30 Å². The number of rotatable bonds is 4. The number of nitrogens with zero attached hydrogens (tertiary/aromatic N) is 4. The second-order valence-corrected chi connectivity index (χ2v) is 6.49. The van der Waals surface area contributed by atoms with Crippen LogP contribution in [0.3, 0.4) is 0 Å². The zero-order valence-corrected chi connectivity index (χ0v) is 15.6. The molecule has 1 aromatic heterocycles. The van der Waals surface area contributed by atoms with Gasteiger partial charge in [-0.1, -0.05) is 23.7 Å². The number of methoxy groups -OCH3 is 1. The first-order valence-corrected chi connectivity index (χ1v) is 8.82. The molecule has 7 nitrogen and oxygen atoms in total. The van der Waals surface area contributed by atoms with Gasteiger partial charge in [0.15, 0.2) is 5.82 Å². The Morgan fingerprint density at radius 2 is 1.96 bits per heavy atom. The normalized spacial score (nSPS) is 10.9. The van der Waals surface area contributed by atoms with E-state index >= 15 is 0 Å². The van der Waals surface area contributed by atoms with Gasteiger partial charge in [0.05, 0.1) is 24.9 Å². The summed E-state index contributed by atoms with van der Waals surface area (Å²) in [4.78, 5) is 33.9. The first kappa shape index (κ1) is 17.9. The van der Waals surface area contributed by atoms with E-state index in [2.05, 4.69) is 9.97 Å². The third-order valence-electron chi connectivity index (χ3n) is 4.32. The second kappa shape index (κ2) is 7.28. The van der Waals surface area contributed by atoms with E-state index < -0.39 is 11.2 Å². The van der Waals surface area contributed by atoms with Crippen LogP contribution in [-0.2, 0) is 6.54 Å². The summed E-state index contributed by atoms with van der Waals surface area (Å²) in [6, 6.07) is 13.6. The van der Waals surface area contributed by atoms with Crippen LogP contribution < -0.4 is 16.0 Å². The Hall–Kier alpha value is -3.45. The zero-order chi connectivity index (χ0) is 19.7. The fourth-order valence-corrected chi connectivity index (χ4v) is 3.10. The lowest BCUT2D eigenvalue weighted by atomic mass is 10.2. The number of ether oxygens (including phenoxy) is 1. The van der Waals surface area contributed by atoms with Crippen molar-refractivity contribution in [2.24, 2.45) is 0 Å². The molecule has 4 rings (SSSR count). The topological polar surface area (TPSA) is 79.0 Å². The van der Waals surface area contributed by atoms with Crippen molar-refractivity contribution in [3.05, 3.63) is 92.5 Å². The van der Waals surface area contributed by atoms with Crippen LogP contribution in [0.4, 0.5) is 0 Å². The molecule has 0 atom stereocenters. The molecule has 0 bridgehead atoms. The second-order valence-electron chi connectivity index (χ2n) is 6.10. The van der Waals surface area contributed by atoms with Gasteiger partial charge in [-0.3, -0.25) is 4.79 Å². The molecule has 1 aromatic carbocycles. The van der Waals surface area contributed by atoms with Gasteiger partial charge in [0, 0.05) is 18.5 Å². The summed E-state index contributed by atoms with van der Waals surface area (Å²) >= 11 is 5.82. The van der Waals surface area contributed by atoms with Crippen LogP contribution >= 0.6 is 11.6 Å². The van der Waals surface area contributed by atoms with Crippen LogP contribution in [0.15, 0.2) is 70.5 Å². The molecule has 0 aliphatic carbocycles. The number of aromatic nitrogens is 4. The first-order valence-electron chi connectivity index (χ1n) is 8.44. The van der Waals surface area contributed by atoms with Crippen molar-refractivity contribution < 1.29 is 4.74 Å². The summed E-state index contributed by atoms with van der Waals surface area (Å²) in [7, 11) is 1.52. The summed E-state index contributed by atoms with van der Waals surface area (Å²) in [5, 5.41) is 0.396. The van der Waals surface area contributed by atoms with E-state index in [-0.39, 0.29) is 0 Å². The van der Waals surface area contributed by atoms with E-state index in [0.29, 0.717) is 34.5 Å². The molecule has 2 aliphatic heterocycles. The van der Waals surface area contributed by atoms with Crippen molar-refractivity contribution in [3.8, 4) is 22.8 Å². The Kier molecular flexibility index (Phi) is 4.67. The highest BCUT2D eigenvalue weighted by Gasteiger charge is 2.18. The molecular weight excluding hydrogens is 380 g/mol. The molecule has 0 unspecified atom stereocenters. The van der Waals surface area contributed by atoms with Crippen LogP contribution in [0.2, 0.25) is 5.15 Å². The molecule has 0 radical (unpaired) electrons. The number of benzene rings is 1. The van der Waals surface area contributed by atoms with Gasteiger partial charge in [-0.2, -0.15) is 4.98 Å². The van der Waals surface area contributed by atoms with Crippen LogP contribution in [0.1, 0.15) is 5.56 Å². The lowest BCUT2D eigenvalue weighted by Gasteiger charge is -2.15. The Morgan fingerprint density at radius 1 is 1.11 bits per heavy atom. The standard InChI is InChI=1S/C20H15ClN4O3/c1-28-15-5-2-4-14(10-15)25-19(26)16-6-3-9-24(18(16)23-20(25)27)12-13-7-8-17(21)22-11-13/h2-11H,12H2,1H3. The monoisotopic (exact) mass is 394 g/mol. The maximum Gasteiger partial charge on any atom is 0.357 e.